The molecule has 0 saturated carbocycles. The van der Waals surface area contributed by atoms with Gasteiger partial charge in [0.25, 0.3) is 0 Å². The molecule has 0 saturated heterocycles. The van der Waals surface area contributed by atoms with Crippen LogP contribution in [0, 0.1) is 0 Å². The van der Waals surface area contributed by atoms with Gasteiger partial charge in [-0.15, -0.1) is 0 Å². The van der Waals surface area contributed by atoms with Gasteiger partial charge in [0.1, 0.15) is 0 Å². The monoisotopic (exact) mass is 420 g/mol. The van der Waals surface area contributed by atoms with E-state index in [1.54, 1.807) is 0 Å². The second-order valence-electron chi connectivity index (χ2n) is 8.27. The van der Waals surface area contributed by atoms with E-state index in [9.17, 15) is 4.79 Å². The first-order chi connectivity index (χ1) is 12.9. The Labute approximate surface area is 174 Å². The maximum atomic E-state index is 11.5. The number of esters is 1. The number of rotatable bonds is 19. The number of carbonyl (C=O) groups excluding carboxylic acids is 1. The molecule has 0 amide bonds. The summed E-state index contributed by atoms with van der Waals surface area (Å²) in [7, 11) is 0. The van der Waals surface area contributed by atoms with E-state index in [0.717, 1.165) is 24.6 Å². The summed E-state index contributed by atoms with van der Waals surface area (Å²) >= 11 is 7.67. The number of ether oxygens (including phenoxy) is 1. The van der Waals surface area contributed by atoms with Crippen LogP contribution in [0.3, 0.4) is 0 Å². The van der Waals surface area contributed by atoms with Gasteiger partial charge in [0, 0.05) is 0 Å². The van der Waals surface area contributed by atoms with Gasteiger partial charge in [0.15, 0.2) is 0 Å². The average Bonchev–Trinajstić information content (AvgIpc) is 2.66. The zero-order chi connectivity index (χ0) is 20.5. The van der Waals surface area contributed by atoms with Gasteiger partial charge >= 0.3 is 174 Å². The SMILES string of the molecule is C=CC(=O)OCCP(Cl)(CCCCCC)(CCCCCC)CCCCCC. The van der Waals surface area contributed by atoms with E-state index in [2.05, 4.69) is 27.4 Å². The van der Waals surface area contributed by atoms with Crippen LogP contribution in [0.4, 0.5) is 0 Å². The summed E-state index contributed by atoms with van der Waals surface area (Å²) in [5.74, 6) is -2.68. The van der Waals surface area contributed by atoms with Crippen molar-refractivity contribution in [3.63, 3.8) is 0 Å². The molecule has 4 heteroatoms. The van der Waals surface area contributed by atoms with E-state index in [-0.39, 0.29) is 5.97 Å². The molecule has 0 N–H and O–H groups in total. The molecule has 0 aliphatic carbocycles. The van der Waals surface area contributed by atoms with Crippen LogP contribution < -0.4 is 0 Å². The summed E-state index contributed by atoms with van der Waals surface area (Å²) in [5.41, 5.74) is 0. The van der Waals surface area contributed by atoms with Gasteiger partial charge in [-0.2, -0.15) is 0 Å². The number of hydrogen-bond acceptors (Lipinski definition) is 2. The third kappa shape index (κ3) is 12.9. The van der Waals surface area contributed by atoms with E-state index >= 15 is 0 Å². The Morgan fingerprint density at radius 1 is 0.778 bits per heavy atom. The van der Waals surface area contributed by atoms with Gasteiger partial charge in [0.05, 0.1) is 0 Å². The van der Waals surface area contributed by atoms with Crippen molar-refractivity contribution >= 4 is 23.2 Å². The van der Waals surface area contributed by atoms with Crippen molar-refractivity contribution < 1.29 is 9.53 Å². The van der Waals surface area contributed by atoms with Crippen molar-refractivity contribution in [3.05, 3.63) is 12.7 Å². The molecule has 0 aromatic carbocycles. The Morgan fingerprint density at radius 3 is 1.52 bits per heavy atom. The fourth-order valence-electron chi connectivity index (χ4n) is 3.91. The van der Waals surface area contributed by atoms with Crippen LogP contribution in [0.1, 0.15) is 97.8 Å². The molecular formula is C23H46ClO2P. The normalized spacial score (nSPS) is 13.1. The van der Waals surface area contributed by atoms with Crippen LogP contribution in [0.5, 0.6) is 0 Å². The number of hydrogen-bond donors (Lipinski definition) is 0. The van der Waals surface area contributed by atoms with Crippen LogP contribution in [-0.4, -0.2) is 37.2 Å². The molecular weight excluding hydrogens is 375 g/mol. The molecule has 0 aromatic rings. The minimum atomic E-state index is -2.36. The van der Waals surface area contributed by atoms with Crippen molar-refractivity contribution in [3.8, 4) is 0 Å². The Morgan fingerprint density at radius 2 is 1.19 bits per heavy atom. The molecule has 0 aliphatic heterocycles. The molecule has 0 bridgehead atoms. The molecule has 0 radical (unpaired) electrons. The van der Waals surface area contributed by atoms with Crippen LogP contribution in [0.25, 0.3) is 0 Å². The van der Waals surface area contributed by atoms with Crippen LogP contribution in [-0.2, 0) is 9.53 Å². The number of unbranched alkanes of at least 4 members (excludes halogenated alkanes) is 9. The van der Waals surface area contributed by atoms with Crippen molar-refractivity contribution in [1.82, 2.24) is 0 Å². The predicted molar refractivity (Wildman–Crippen MR) is 126 cm³/mol. The molecule has 0 aromatic heterocycles. The van der Waals surface area contributed by atoms with Crippen molar-refractivity contribution in [2.75, 3.05) is 31.3 Å². The standard InChI is InChI=1S/C23H46ClO2P/c1-5-9-12-15-19-27(24,20-16-13-10-6-2,21-17-14-11-7-3)22-18-26-23(25)8-4/h8H,4-7,9-22H2,1-3H3. The molecule has 0 aliphatic rings. The second-order valence-corrected chi connectivity index (χ2v) is 16.6. The molecule has 0 fully saturated rings. The van der Waals surface area contributed by atoms with Crippen LogP contribution in [0.2, 0.25) is 0 Å². The first kappa shape index (κ1) is 26.9. The third-order valence-corrected chi connectivity index (χ3v) is 13.4. The van der Waals surface area contributed by atoms with Crippen molar-refractivity contribution in [2.24, 2.45) is 0 Å². The fraction of sp³-hybridized carbons (Fsp3) is 0.870. The van der Waals surface area contributed by atoms with Gasteiger partial charge in [-0.05, 0) is 0 Å². The number of carbonyl (C=O) groups is 1. The van der Waals surface area contributed by atoms with Crippen molar-refractivity contribution in [2.45, 2.75) is 97.8 Å². The van der Waals surface area contributed by atoms with E-state index in [1.807, 2.05) is 0 Å². The molecule has 162 valence electrons. The van der Waals surface area contributed by atoms with Gasteiger partial charge in [-0.25, -0.2) is 0 Å². The summed E-state index contributed by atoms with van der Waals surface area (Å²) in [4.78, 5) is 11.5. The molecule has 0 rings (SSSR count). The topological polar surface area (TPSA) is 26.3 Å². The average molecular weight is 421 g/mol. The van der Waals surface area contributed by atoms with Crippen molar-refractivity contribution in [1.29, 1.82) is 0 Å². The first-order valence-corrected chi connectivity index (χ1v) is 15.3. The van der Waals surface area contributed by atoms with E-state index in [4.69, 9.17) is 16.0 Å². The fourth-order valence-corrected chi connectivity index (χ4v) is 10.1. The molecule has 27 heavy (non-hydrogen) atoms. The molecule has 0 atom stereocenters. The van der Waals surface area contributed by atoms with Gasteiger partial charge < -0.3 is 0 Å². The minimum absolute atomic E-state index is 0.320. The summed E-state index contributed by atoms with van der Waals surface area (Å²) < 4.78 is 5.39. The van der Waals surface area contributed by atoms with Crippen LogP contribution in [0.15, 0.2) is 12.7 Å². The summed E-state index contributed by atoms with van der Waals surface area (Å²) in [6, 6.07) is 0. The summed E-state index contributed by atoms with van der Waals surface area (Å²) in [5, 5.41) is 0. The molecule has 2 nitrogen and oxygen atoms in total. The second kappa shape index (κ2) is 15.8. The molecule has 0 spiro atoms. The van der Waals surface area contributed by atoms with Gasteiger partial charge in [-0.3, -0.25) is 0 Å². The zero-order valence-electron chi connectivity index (χ0n) is 18.4. The summed E-state index contributed by atoms with van der Waals surface area (Å²) in [6.45, 7) is 10.7. The van der Waals surface area contributed by atoms with Crippen LogP contribution >= 0.6 is 17.2 Å². The zero-order valence-corrected chi connectivity index (χ0v) is 20.1. The Hall–Kier alpha value is -0.0700. The van der Waals surface area contributed by atoms with E-state index < -0.39 is 5.96 Å². The Balaban J connectivity index is 5.10. The maximum absolute atomic E-state index is 11.5. The summed E-state index contributed by atoms with van der Waals surface area (Å²) in [6.07, 6.45) is 20.8. The quantitative estimate of drug-likeness (QED) is 0.0911. The predicted octanol–water partition coefficient (Wildman–Crippen LogP) is 8.16. The third-order valence-electron chi connectivity index (χ3n) is 5.77. The molecule has 0 unspecified atom stereocenters. The Bertz CT molecular complexity index is 364. The van der Waals surface area contributed by atoms with Gasteiger partial charge in [-0.1, -0.05) is 0 Å². The Kier molecular flexibility index (Phi) is 15.8. The van der Waals surface area contributed by atoms with E-state index in [1.165, 1.54) is 83.1 Å². The number of halogens is 1. The van der Waals surface area contributed by atoms with E-state index in [0.29, 0.717) is 6.61 Å². The molecule has 0 heterocycles. The van der Waals surface area contributed by atoms with Gasteiger partial charge in [0.2, 0.25) is 0 Å². The first-order valence-electron chi connectivity index (χ1n) is 11.4.